The third-order valence-electron chi connectivity index (χ3n) is 7.22. The SMILES string of the molecule is Cn1c(-c2ccccc2)c2c3c(c4c(c2c1-c1ccccc1)=Nc1ccccc1S4)Sc1ccccc1N=3. The molecule has 1 aromatic heterocycles. The van der Waals surface area contributed by atoms with Crippen LogP contribution in [0.2, 0.25) is 0 Å². The summed E-state index contributed by atoms with van der Waals surface area (Å²) in [6.07, 6.45) is 0. The highest BCUT2D eigenvalue weighted by Crippen LogP contribution is 2.47. The van der Waals surface area contributed by atoms with Gasteiger partial charge < -0.3 is 4.57 Å². The first-order chi connectivity index (χ1) is 18.8. The van der Waals surface area contributed by atoms with E-state index < -0.39 is 0 Å². The first-order valence-corrected chi connectivity index (χ1v) is 14.2. The fourth-order valence-electron chi connectivity index (χ4n) is 5.59. The van der Waals surface area contributed by atoms with Gasteiger partial charge in [-0.05, 0) is 35.4 Å². The van der Waals surface area contributed by atoms with Gasteiger partial charge in [-0.2, -0.15) is 0 Å². The Bertz CT molecular complexity index is 1880. The lowest BCUT2D eigenvalue weighted by molar-refractivity contribution is 0.950. The molecule has 5 heteroatoms. The number of benzene rings is 5. The monoisotopic (exact) mass is 523 g/mol. The van der Waals surface area contributed by atoms with E-state index in [1.54, 1.807) is 0 Å². The molecule has 180 valence electrons. The van der Waals surface area contributed by atoms with Gasteiger partial charge in [0.25, 0.3) is 0 Å². The number of hydrogen-bond donors (Lipinski definition) is 0. The lowest BCUT2D eigenvalue weighted by Gasteiger charge is -2.20. The Morgan fingerprint density at radius 1 is 0.500 bits per heavy atom. The third-order valence-corrected chi connectivity index (χ3v) is 9.68. The van der Waals surface area contributed by atoms with Crippen LogP contribution in [0.4, 0.5) is 11.4 Å². The minimum absolute atomic E-state index is 1.02. The molecule has 3 nitrogen and oxygen atoms in total. The van der Waals surface area contributed by atoms with Gasteiger partial charge in [0, 0.05) is 27.6 Å². The topological polar surface area (TPSA) is 29.6 Å². The van der Waals surface area contributed by atoms with Crippen molar-refractivity contribution in [2.24, 2.45) is 17.0 Å². The molecule has 0 fully saturated rings. The van der Waals surface area contributed by atoms with E-state index in [9.17, 15) is 0 Å². The third kappa shape index (κ3) is 3.19. The van der Waals surface area contributed by atoms with E-state index in [2.05, 4.69) is 121 Å². The lowest BCUT2D eigenvalue weighted by Crippen LogP contribution is -2.21. The molecular weight excluding hydrogens is 503 g/mol. The van der Waals surface area contributed by atoms with Crippen LogP contribution in [0.15, 0.2) is 139 Å². The number of fused-ring (bicyclic) bond motifs is 8. The average molecular weight is 524 g/mol. The highest BCUT2D eigenvalue weighted by Gasteiger charge is 2.29. The number of aromatic nitrogens is 1. The number of hydrogen-bond acceptors (Lipinski definition) is 4. The normalized spacial score (nSPS) is 13.1. The Kier molecular flexibility index (Phi) is 4.90. The molecule has 0 saturated carbocycles. The van der Waals surface area contributed by atoms with Crippen molar-refractivity contribution in [2.45, 2.75) is 19.6 Å². The minimum Gasteiger partial charge on any atom is -0.342 e. The van der Waals surface area contributed by atoms with Crippen LogP contribution < -0.4 is 10.7 Å². The first-order valence-electron chi connectivity index (χ1n) is 12.6. The van der Waals surface area contributed by atoms with E-state index in [-0.39, 0.29) is 0 Å². The van der Waals surface area contributed by atoms with E-state index in [0.29, 0.717) is 0 Å². The zero-order valence-electron chi connectivity index (χ0n) is 20.6. The van der Waals surface area contributed by atoms with Crippen molar-refractivity contribution in [2.75, 3.05) is 0 Å². The molecule has 0 spiro atoms. The predicted molar refractivity (Wildman–Crippen MR) is 157 cm³/mol. The Labute approximate surface area is 228 Å². The molecule has 0 radical (unpaired) electrons. The first kappa shape index (κ1) is 22.0. The van der Waals surface area contributed by atoms with E-state index in [1.165, 1.54) is 42.1 Å². The van der Waals surface area contributed by atoms with E-state index >= 15 is 0 Å². The van der Waals surface area contributed by atoms with Gasteiger partial charge in [0.05, 0.1) is 43.3 Å². The summed E-state index contributed by atoms with van der Waals surface area (Å²) in [6.45, 7) is 0. The highest BCUT2D eigenvalue weighted by molar-refractivity contribution is 8.02. The van der Waals surface area contributed by atoms with Crippen molar-refractivity contribution in [3.05, 3.63) is 120 Å². The summed E-state index contributed by atoms with van der Waals surface area (Å²) in [5, 5.41) is 4.41. The van der Waals surface area contributed by atoms with Crippen LogP contribution >= 0.6 is 23.5 Å². The summed E-state index contributed by atoms with van der Waals surface area (Å²) in [4.78, 5) is 15.4. The van der Waals surface area contributed by atoms with Gasteiger partial charge in [0.2, 0.25) is 0 Å². The van der Waals surface area contributed by atoms with Crippen molar-refractivity contribution >= 4 is 45.7 Å². The number of nitrogens with zero attached hydrogens (tertiary/aromatic N) is 3. The second-order valence-electron chi connectivity index (χ2n) is 9.46. The standard InChI is InChI=1S/C33H21N3S2/c1-36-30(20-12-4-2-5-13-20)26-27(31(36)21-14-6-3-7-15-21)29-33(38-25-19-11-9-17-23(25)35-29)32-28(26)34-22-16-8-10-18-24(22)37-32/h2-19H,1H3. The van der Waals surface area contributed by atoms with Crippen LogP contribution in [-0.2, 0) is 7.05 Å². The fourth-order valence-corrected chi connectivity index (χ4v) is 7.88. The molecule has 0 aliphatic carbocycles. The summed E-state index contributed by atoms with van der Waals surface area (Å²) >= 11 is 3.64. The fraction of sp³-hybridized carbons (Fsp3) is 0.0303. The maximum atomic E-state index is 5.35. The molecule has 6 aromatic rings. The number of para-hydroxylation sites is 2. The summed E-state index contributed by atoms with van der Waals surface area (Å²) < 4.78 is 2.34. The molecular formula is C33H21N3S2. The molecule has 0 bridgehead atoms. The van der Waals surface area contributed by atoms with Crippen molar-refractivity contribution in [3.63, 3.8) is 0 Å². The molecule has 38 heavy (non-hydrogen) atoms. The zero-order chi connectivity index (χ0) is 25.2. The molecule has 3 heterocycles. The second-order valence-corrected chi connectivity index (χ2v) is 11.6. The van der Waals surface area contributed by atoms with E-state index in [0.717, 1.165) is 32.9 Å². The molecule has 8 rings (SSSR count). The quantitative estimate of drug-likeness (QED) is 0.228. The van der Waals surface area contributed by atoms with Gasteiger partial charge in [-0.1, -0.05) is 108 Å². The van der Waals surface area contributed by atoms with Crippen LogP contribution in [0.25, 0.3) is 33.3 Å². The van der Waals surface area contributed by atoms with Crippen LogP contribution in [-0.4, -0.2) is 4.57 Å². The zero-order valence-corrected chi connectivity index (χ0v) is 22.2. The maximum Gasteiger partial charge on any atom is 0.0890 e. The van der Waals surface area contributed by atoms with Crippen molar-refractivity contribution in [1.29, 1.82) is 0 Å². The largest absolute Gasteiger partial charge is 0.342 e. The summed E-state index contributed by atoms with van der Waals surface area (Å²) in [7, 11) is 2.18. The Hall–Kier alpha value is -4.06. The Balaban J connectivity index is 1.65. The van der Waals surface area contributed by atoms with Crippen LogP contribution in [0, 0.1) is 0 Å². The summed E-state index contributed by atoms with van der Waals surface area (Å²) in [6, 6.07) is 38.3. The number of rotatable bonds is 2. The van der Waals surface area contributed by atoms with Gasteiger partial charge in [0.1, 0.15) is 0 Å². The van der Waals surface area contributed by atoms with Gasteiger partial charge in [-0.15, -0.1) is 0 Å². The average Bonchev–Trinajstić information content (AvgIpc) is 3.29. The van der Waals surface area contributed by atoms with Gasteiger partial charge in [0.15, 0.2) is 0 Å². The van der Waals surface area contributed by atoms with Crippen molar-refractivity contribution in [3.8, 4) is 22.5 Å². The second kappa shape index (κ2) is 8.48. The molecule has 0 N–H and O–H groups in total. The Morgan fingerprint density at radius 3 is 1.34 bits per heavy atom. The van der Waals surface area contributed by atoms with Crippen LogP contribution in [0.1, 0.15) is 0 Å². The van der Waals surface area contributed by atoms with E-state index in [4.69, 9.17) is 9.98 Å². The lowest BCUT2D eigenvalue weighted by atomic mass is 10.0. The van der Waals surface area contributed by atoms with Gasteiger partial charge >= 0.3 is 0 Å². The molecule has 0 unspecified atom stereocenters. The molecule has 2 aliphatic heterocycles. The van der Waals surface area contributed by atoms with Gasteiger partial charge in [-0.3, -0.25) is 0 Å². The van der Waals surface area contributed by atoms with Crippen LogP contribution in [0.5, 0.6) is 0 Å². The summed E-state index contributed by atoms with van der Waals surface area (Å²) in [5.74, 6) is 0. The summed E-state index contributed by atoms with van der Waals surface area (Å²) in [5.41, 5.74) is 6.73. The molecule has 0 amide bonds. The van der Waals surface area contributed by atoms with Gasteiger partial charge in [-0.25, -0.2) is 9.98 Å². The molecule has 0 saturated heterocycles. The maximum absolute atomic E-state index is 5.35. The van der Waals surface area contributed by atoms with Crippen LogP contribution in [0.3, 0.4) is 0 Å². The Morgan fingerprint density at radius 2 is 0.895 bits per heavy atom. The predicted octanol–water partition coefficient (Wildman–Crippen LogP) is 8.34. The van der Waals surface area contributed by atoms with E-state index in [1.807, 2.05) is 23.5 Å². The minimum atomic E-state index is 1.02. The van der Waals surface area contributed by atoms with Crippen molar-refractivity contribution < 1.29 is 0 Å². The molecule has 2 aliphatic rings. The van der Waals surface area contributed by atoms with Crippen molar-refractivity contribution in [1.82, 2.24) is 4.57 Å². The smallest absolute Gasteiger partial charge is 0.0890 e. The molecule has 0 atom stereocenters. The molecule has 5 aromatic carbocycles. The highest BCUT2D eigenvalue weighted by atomic mass is 32.2.